The molecule has 0 bridgehead atoms. The van der Waals surface area contributed by atoms with Crippen molar-refractivity contribution in [1.29, 1.82) is 0 Å². The first-order valence-corrected chi connectivity index (χ1v) is 7.45. The summed E-state index contributed by atoms with van der Waals surface area (Å²) in [5, 5.41) is 2.81. The number of hydrogen-bond acceptors (Lipinski definition) is 5. The predicted molar refractivity (Wildman–Crippen MR) is 85.4 cm³/mol. The molecule has 0 unspecified atom stereocenters. The SMILES string of the molecule is COC(=O)C1=C(C(=O)OC)[C@H](C)[C@@H](NC(C)=O)C=C1C(C)(C)C. The third-order valence-corrected chi connectivity index (χ3v) is 3.85. The average Bonchev–Trinajstić information content (AvgIpc) is 2.45. The molecule has 1 rings (SSSR count). The molecule has 1 aliphatic rings. The average molecular weight is 323 g/mol. The lowest BCUT2D eigenvalue weighted by atomic mass is 9.72. The van der Waals surface area contributed by atoms with Crippen molar-refractivity contribution in [3.05, 3.63) is 22.8 Å². The maximum Gasteiger partial charge on any atom is 0.338 e. The summed E-state index contributed by atoms with van der Waals surface area (Å²) >= 11 is 0. The molecule has 0 aromatic rings. The first-order valence-electron chi connectivity index (χ1n) is 7.45. The Morgan fingerprint density at radius 2 is 1.61 bits per heavy atom. The number of esters is 2. The summed E-state index contributed by atoms with van der Waals surface area (Å²) < 4.78 is 9.73. The molecule has 1 N–H and O–H groups in total. The summed E-state index contributed by atoms with van der Waals surface area (Å²) in [4.78, 5) is 36.1. The lowest BCUT2D eigenvalue weighted by molar-refractivity contribution is -0.140. The first-order chi connectivity index (χ1) is 10.5. The van der Waals surface area contributed by atoms with Gasteiger partial charge in [0.1, 0.15) is 0 Å². The van der Waals surface area contributed by atoms with Crippen LogP contribution in [0.15, 0.2) is 22.8 Å². The van der Waals surface area contributed by atoms with E-state index in [1.807, 2.05) is 26.8 Å². The maximum atomic E-state index is 12.3. The van der Waals surface area contributed by atoms with Crippen LogP contribution in [0.2, 0.25) is 0 Å². The molecule has 0 aromatic carbocycles. The van der Waals surface area contributed by atoms with E-state index >= 15 is 0 Å². The van der Waals surface area contributed by atoms with Gasteiger partial charge in [0.05, 0.1) is 31.4 Å². The molecule has 0 heterocycles. The van der Waals surface area contributed by atoms with Crippen LogP contribution in [0.3, 0.4) is 0 Å². The zero-order valence-electron chi connectivity index (χ0n) is 14.8. The minimum atomic E-state index is -0.594. The molecule has 128 valence electrons. The smallest absolute Gasteiger partial charge is 0.338 e. The molecule has 0 aliphatic heterocycles. The second-order valence-corrected chi connectivity index (χ2v) is 6.62. The Labute approximate surface area is 136 Å². The van der Waals surface area contributed by atoms with Crippen molar-refractivity contribution in [3.63, 3.8) is 0 Å². The fraction of sp³-hybridized carbons (Fsp3) is 0.588. The Morgan fingerprint density at radius 1 is 1.09 bits per heavy atom. The fourth-order valence-corrected chi connectivity index (χ4v) is 2.71. The van der Waals surface area contributed by atoms with Crippen molar-refractivity contribution >= 4 is 17.8 Å². The van der Waals surface area contributed by atoms with E-state index in [0.29, 0.717) is 5.57 Å². The van der Waals surface area contributed by atoms with Crippen LogP contribution in [0.25, 0.3) is 0 Å². The number of hydrogen-bond donors (Lipinski definition) is 1. The Balaban J connectivity index is 3.62. The Bertz CT molecular complexity index is 580. The van der Waals surface area contributed by atoms with E-state index in [9.17, 15) is 14.4 Å². The highest BCUT2D eigenvalue weighted by molar-refractivity contribution is 6.05. The van der Waals surface area contributed by atoms with E-state index in [1.54, 1.807) is 6.92 Å². The molecule has 0 fully saturated rings. The van der Waals surface area contributed by atoms with E-state index < -0.39 is 29.3 Å². The van der Waals surface area contributed by atoms with E-state index in [0.717, 1.165) is 0 Å². The molecule has 0 aromatic heterocycles. The highest BCUT2D eigenvalue weighted by atomic mass is 16.5. The molecule has 6 heteroatoms. The number of amides is 1. The Hall–Kier alpha value is -2.11. The van der Waals surface area contributed by atoms with Crippen LogP contribution in [0, 0.1) is 11.3 Å². The van der Waals surface area contributed by atoms with Crippen LogP contribution in [0.1, 0.15) is 34.6 Å². The van der Waals surface area contributed by atoms with Crippen molar-refractivity contribution in [3.8, 4) is 0 Å². The topological polar surface area (TPSA) is 81.7 Å². The molecule has 0 saturated carbocycles. The van der Waals surface area contributed by atoms with Crippen LogP contribution in [0.4, 0.5) is 0 Å². The lowest BCUT2D eigenvalue weighted by Gasteiger charge is -2.35. The molecule has 0 spiro atoms. The van der Waals surface area contributed by atoms with Gasteiger partial charge in [-0.3, -0.25) is 4.79 Å². The van der Waals surface area contributed by atoms with Gasteiger partial charge < -0.3 is 14.8 Å². The maximum absolute atomic E-state index is 12.3. The third-order valence-electron chi connectivity index (χ3n) is 3.85. The molecular weight excluding hydrogens is 298 g/mol. The van der Waals surface area contributed by atoms with E-state index in [-0.39, 0.29) is 17.1 Å². The molecule has 1 aliphatic carbocycles. The van der Waals surface area contributed by atoms with Gasteiger partial charge in [0.25, 0.3) is 0 Å². The highest BCUT2D eigenvalue weighted by Gasteiger charge is 2.40. The zero-order valence-corrected chi connectivity index (χ0v) is 14.8. The van der Waals surface area contributed by atoms with Crippen LogP contribution < -0.4 is 5.32 Å². The van der Waals surface area contributed by atoms with E-state index in [2.05, 4.69) is 5.32 Å². The predicted octanol–water partition coefficient (Wildman–Crippen LogP) is 1.76. The number of nitrogens with one attached hydrogen (secondary N) is 1. The van der Waals surface area contributed by atoms with E-state index in [1.165, 1.54) is 21.1 Å². The third kappa shape index (κ3) is 4.00. The molecule has 0 radical (unpaired) electrons. The number of methoxy groups -OCH3 is 2. The van der Waals surface area contributed by atoms with Gasteiger partial charge in [-0.25, -0.2) is 9.59 Å². The van der Waals surface area contributed by atoms with Gasteiger partial charge in [-0.15, -0.1) is 0 Å². The minimum Gasteiger partial charge on any atom is -0.466 e. The molecule has 2 atom stereocenters. The molecular formula is C17H25NO5. The zero-order chi connectivity index (χ0) is 17.9. The number of ether oxygens (including phenoxy) is 2. The summed E-state index contributed by atoms with van der Waals surface area (Å²) in [5.41, 5.74) is 0.688. The first kappa shape index (κ1) is 18.9. The number of carbonyl (C=O) groups excluding carboxylic acids is 3. The van der Waals surface area contributed by atoms with Crippen LogP contribution in [-0.4, -0.2) is 38.1 Å². The van der Waals surface area contributed by atoms with Gasteiger partial charge in [-0.1, -0.05) is 33.8 Å². The van der Waals surface area contributed by atoms with Gasteiger partial charge in [0.15, 0.2) is 0 Å². The van der Waals surface area contributed by atoms with Gasteiger partial charge in [0.2, 0.25) is 5.91 Å². The largest absolute Gasteiger partial charge is 0.466 e. The van der Waals surface area contributed by atoms with Crippen molar-refractivity contribution < 1.29 is 23.9 Å². The summed E-state index contributed by atoms with van der Waals surface area (Å²) in [7, 11) is 2.54. The van der Waals surface area contributed by atoms with Crippen LogP contribution in [0.5, 0.6) is 0 Å². The van der Waals surface area contributed by atoms with Crippen molar-refractivity contribution in [2.75, 3.05) is 14.2 Å². The van der Waals surface area contributed by atoms with E-state index in [4.69, 9.17) is 9.47 Å². The molecule has 0 saturated heterocycles. The molecule has 6 nitrogen and oxygen atoms in total. The summed E-state index contributed by atoms with van der Waals surface area (Å²) in [5.74, 6) is -1.80. The molecule has 23 heavy (non-hydrogen) atoms. The second-order valence-electron chi connectivity index (χ2n) is 6.62. The monoisotopic (exact) mass is 323 g/mol. The van der Waals surface area contributed by atoms with Gasteiger partial charge in [0, 0.05) is 12.8 Å². The summed E-state index contributed by atoms with van der Waals surface area (Å²) in [6.45, 7) is 8.97. The standard InChI is InChI=1S/C17H25NO5/c1-9-12(18-10(2)19)8-11(17(3,4)5)14(16(21)23-7)13(9)15(20)22-6/h8-9,12H,1-7H3,(H,18,19)/t9-,12+/m1/s1. The fourth-order valence-electron chi connectivity index (χ4n) is 2.71. The summed E-state index contributed by atoms with van der Waals surface area (Å²) in [6, 6.07) is -0.399. The normalized spacial score (nSPS) is 21.4. The quantitative estimate of drug-likeness (QED) is 0.800. The van der Waals surface area contributed by atoms with Crippen molar-refractivity contribution in [1.82, 2.24) is 5.32 Å². The Kier molecular flexibility index (Phi) is 5.75. The minimum absolute atomic E-state index is 0.211. The number of rotatable bonds is 3. The van der Waals surface area contributed by atoms with Crippen LogP contribution >= 0.6 is 0 Å². The van der Waals surface area contributed by atoms with Gasteiger partial charge in [-0.2, -0.15) is 0 Å². The van der Waals surface area contributed by atoms with Crippen molar-refractivity contribution in [2.24, 2.45) is 11.3 Å². The van der Waals surface area contributed by atoms with Gasteiger partial charge in [-0.05, 0) is 11.0 Å². The van der Waals surface area contributed by atoms with Crippen molar-refractivity contribution in [2.45, 2.75) is 40.7 Å². The van der Waals surface area contributed by atoms with Gasteiger partial charge >= 0.3 is 11.9 Å². The second kappa shape index (κ2) is 6.98. The highest BCUT2D eigenvalue weighted by Crippen LogP contribution is 2.40. The lowest BCUT2D eigenvalue weighted by Crippen LogP contribution is -2.43. The van der Waals surface area contributed by atoms with Crippen LogP contribution in [-0.2, 0) is 23.9 Å². The molecule has 1 amide bonds. The summed E-state index contributed by atoms with van der Waals surface area (Å²) in [6.07, 6.45) is 1.82. The number of carbonyl (C=O) groups is 3. The Morgan fingerprint density at radius 3 is 2.00 bits per heavy atom.